The van der Waals surface area contributed by atoms with Crippen LogP contribution >= 0.6 is 0 Å². The third kappa shape index (κ3) is 5.04. The van der Waals surface area contributed by atoms with Crippen LogP contribution in [0.15, 0.2) is 11.6 Å². The molecule has 1 rings (SSSR count). The zero-order valence-corrected chi connectivity index (χ0v) is 10.3. The van der Waals surface area contributed by atoms with E-state index in [0.29, 0.717) is 17.6 Å². The van der Waals surface area contributed by atoms with E-state index in [4.69, 9.17) is 0 Å². The summed E-state index contributed by atoms with van der Waals surface area (Å²) in [5.41, 5.74) is 0.633. The Bertz CT molecular complexity index is 246. The van der Waals surface area contributed by atoms with Crippen LogP contribution in [0, 0.1) is 17.8 Å². The Morgan fingerprint density at radius 1 is 1.19 bits per heavy atom. The minimum Gasteiger partial charge on any atom is -0.167 e. The topological polar surface area (TPSA) is 0 Å². The van der Waals surface area contributed by atoms with Crippen molar-refractivity contribution in [3.8, 4) is 0 Å². The molecule has 1 fully saturated rings. The highest BCUT2D eigenvalue weighted by Crippen LogP contribution is 2.43. The first-order valence-corrected chi connectivity index (χ1v) is 6.09. The molecule has 0 bridgehead atoms. The Labute approximate surface area is 95.9 Å². The molecule has 0 N–H and O–H groups in total. The SMILES string of the molecule is CC(C)CCC(C)/C(=C/C(F)(F)F)C1CC1. The van der Waals surface area contributed by atoms with Gasteiger partial charge in [-0.3, -0.25) is 0 Å². The first-order valence-electron chi connectivity index (χ1n) is 6.09. The van der Waals surface area contributed by atoms with Gasteiger partial charge >= 0.3 is 6.18 Å². The van der Waals surface area contributed by atoms with Crippen LogP contribution in [0.2, 0.25) is 0 Å². The van der Waals surface area contributed by atoms with Gasteiger partial charge in [-0.1, -0.05) is 32.8 Å². The number of hydrogen-bond acceptors (Lipinski definition) is 0. The molecule has 0 aromatic rings. The van der Waals surface area contributed by atoms with E-state index in [1.54, 1.807) is 0 Å². The van der Waals surface area contributed by atoms with E-state index < -0.39 is 6.18 Å². The fourth-order valence-corrected chi connectivity index (χ4v) is 2.02. The highest BCUT2D eigenvalue weighted by Gasteiger charge is 2.34. The van der Waals surface area contributed by atoms with Crippen molar-refractivity contribution in [1.29, 1.82) is 0 Å². The lowest BCUT2D eigenvalue weighted by molar-refractivity contribution is -0.0811. The van der Waals surface area contributed by atoms with E-state index in [2.05, 4.69) is 13.8 Å². The van der Waals surface area contributed by atoms with Crippen molar-refractivity contribution in [2.45, 2.75) is 52.6 Å². The predicted octanol–water partition coefficient (Wildman–Crippen LogP) is 4.96. The zero-order valence-electron chi connectivity index (χ0n) is 10.3. The van der Waals surface area contributed by atoms with Crippen molar-refractivity contribution in [1.82, 2.24) is 0 Å². The lowest BCUT2D eigenvalue weighted by Crippen LogP contribution is -2.10. The Kier molecular flexibility index (Phi) is 4.45. The second kappa shape index (κ2) is 5.24. The van der Waals surface area contributed by atoms with E-state index in [1.807, 2.05) is 6.92 Å². The van der Waals surface area contributed by atoms with Crippen molar-refractivity contribution in [3.05, 3.63) is 11.6 Å². The van der Waals surface area contributed by atoms with Crippen LogP contribution in [0.5, 0.6) is 0 Å². The molecule has 3 heteroatoms. The van der Waals surface area contributed by atoms with Gasteiger partial charge in [-0.25, -0.2) is 0 Å². The highest BCUT2D eigenvalue weighted by atomic mass is 19.4. The third-order valence-electron chi connectivity index (χ3n) is 3.13. The van der Waals surface area contributed by atoms with Crippen LogP contribution in [0.25, 0.3) is 0 Å². The number of rotatable bonds is 5. The molecule has 0 amide bonds. The molecule has 1 saturated carbocycles. The molecule has 1 atom stereocenters. The normalized spacial score (nSPS) is 20.3. The maximum absolute atomic E-state index is 12.4. The molecule has 1 aliphatic carbocycles. The maximum Gasteiger partial charge on any atom is 0.409 e. The van der Waals surface area contributed by atoms with E-state index in [0.717, 1.165) is 25.7 Å². The fraction of sp³-hybridized carbons (Fsp3) is 0.846. The summed E-state index contributed by atoms with van der Waals surface area (Å²) in [7, 11) is 0. The molecule has 0 aromatic heterocycles. The zero-order chi connectivity index (χ0) is 12.3. The van der Waals surface area contributed by atoms with E-state index in [9.17, 15) is 13.2 Å². The van der Waals surface area contributed by atoms with Crippen molar-refractivity contribution in [2.75, 3.05) is 0 Å². The Hall–Kier alpha value is -0.470. The third-order valence-corrected chi connectivity index (χ3v) is 3.13. The van der Waals surface area contributed by atoms with Crippen molar-refractivity contribution in [2.24, 2.45) is 17.8 Å². The molecule has 0 nitrogen and oxygen atoms in total. The van der Waals surface area contributed by atoms with Crippen LogP contribution in [-0.4, -0.2) is 6.18 Å². The summed E-state index contributed by atoms with van der Waals surface area (Å²) < 4.78 is 37.1. The average Bonchev–Trinajstić information content (AvgIpc) is 2.91. The summed E-state index contributed by atoms with van der Waals surface area (Å²) in [6, 6.07) is 0. The largest absolute Gasteiger partial charge is 0.409 e. The van der Waals surface area contributed by atoms with Crippen LogP contribution in [0.4, 0.5) is 13.2 Å². The molecular formula is C13H21F3. The summed E-state index contributed by atoms with van der Waals surface area (Å²) in [6.07, 6.45) is 0.153. The minimum atomic E-state index is -4.15. The molecule has 1 aliphatic rings. The van der Waals surface area contributed by atoms with E-state index in [1.165, 1.54) is 0 Å². The second-order valence-electron chi connectivity index (χ2n) is 5.33. The second-order valence-corrected chi connectivity index (χ2v) is 5.33. The molecule has 0 radical (unpaired) electrons. The number of hydrogen-bond donors (Lipinski definition) is 0. The number of halogens is 3. The van der Waals surface area contributed by atoms with Gasteiger partial charge in [-0.15, -0.1) is 0 Å². The summed E-state index contributed by atoms with van der Waals surface area (Å²) in [5, 5.41) is 0. The average molecular weight is 234 g/mol. The Morgan fingerprint density at radius 2 is 1.75 bits per heavy atom. The Balaban J connectivity index is 2.59. The summed E-state index contributed by atoms with van der Waals surface area (Å²) in [6.45, 7) is 6.15. The fourth-order valence-electron chi connectivity index (χ4n) is 2.02. The first kappa shape index (κ1) is 13.6. The molecule has 0 aliphatic heterocycles. The summed E-state index contributed by atoms with van der Waals surface area (Å²) >= 11 is 0. The van der Waals surface area contributed by atoms with Gasteiger partial charge in [0.15, 0.2) is 0 Å². The summed E-state index contributed by atoms with van der Waals surface area (Å²) in [4.78, 5) is 0. The monoisotopic (exact) mass is 234 g/mol. The molecule has 0 saturated heterocycles. The standard InChI is InChI=1S/C13H21F3/c1-9(2)4-5-10(3)12(11-6-7-11)8-13(14,15)16/h8-11H,4-7H2,1-3H3/b12-8-. The Morgan fingerprint density at radius 3 is 2.12 bits per heavy atom. The molecule has 1 unspecified atom stereocenters. The van der Waals surface area contributed by atoms with Crippen LogP contribution in [0.3, 0.4) is 0 Å². The molecular weight excluding hydrogens is 213 g/mol. The van der Waals surface area contributed by atoms with Gasteiger partial charge < -0.3 is 0 Å². The highest BCUT2D eigenvalue weighted by molar-refractivity contribution is 5.17. The van der Waals surface area contributed by atoms with Crippen LogP contribution in [-0.2, 0) is 0 Å². The molecule has 0 aromatic carbocycles. The van der Waals surface area contributed by atoms with Crippen molar-refractivity contribution < 1.29 is 13.2 Å². The van der Waals surface area contributed by atoms with Gasteiger partial charge in [-0.2, -0.15) is 13.2 Å². The van der Waals surface area contributed by atoms with Gasteiger partial charge in [-0.05, 0) is 37.0 Å². The summed E-state index contributed by atoms with van der Waals surface area (Å²) in [5.74, 6) is 0.856. The van der Waals surface area contributed by atoms with Gasteiger partial charge in [0.2, 0.25) is 0 Å². The van der Waals surface area contributed by atoms with Gasteiger partial charge in [0.1, 0.15) is 0 Å². The minimum absolute atomic E-state index is 0.0801. The van der Waals surface area contributed by atoms with Crippen molar-refractivity contribution in [3.63, 3.8) is 0 Å². The number of alkyl halides is 3. The van der Waals surface area contributed by atoms with Crippen LogP contribution in [0.1, 0.15) is 46.5 Å². The molecule has 94 valence electrons. The van der Waals surface area contributed by atoms with E-state index in [-0.39, 0.29) is 11.8 Å². The van der Waals surface area contributed by atoms with Crippen LogP contribution < -0.4 is 0 Å². The molecule has 0 heterocycles. The van der Waals surface area contributed by atoms with Gasteiger partial charge in [0, 0.05) is 6.08 Å². The molecule has 0 spiro atoms. The predicted molar refractivity (Wildman–Crippen MR) is 60.1 cm³/mol. The smallest absolute Gasteiger partial charge is 0.167 e. The van der Waals surface area contributed by atoms with E-state index >= 15 is 0 Å². The molecule has 16 heavy (non-hydrogen) atoms. The first-order chi connectivity index (χ1) is 7.29. The lowest BCUT2D eigenvalue weighted by Gasteiger charge is -2.17. The quantitative estimate of drug-likeness (QED) is 0.590. The van der Waals surface area contributed by atoms with Gasteiger partial charge in [0.05, 0.1) is 0 Å². The van der Waals surface area contributed by atoms with Crippen molar-refractivity contribution >= 4 is 0 Å². The maximum atomic E-state index is 12.4. The van der Waals surface area contributed by atoms with Gasteiger partial charge in [0.25, 0.3) is 0 Å². The lowest BCUT2D eigenvalue weighted by atomic mass is 9.89. The number of allylic oxidation sites excluding steroid dienone is 2.